The second-order valence-electron chi connectivity index (χ2n) is 1.35. The molecule has 0 saturated carbocycles. The summed E-state index contributed by atoms with van der Waals surface area (Å²) in [5, 5.41) is 0. The van der Waals surface area contributed by atoms with E-state index in [9.17, 15) is 8.42 Å². The minimum Gasteiger partial charge on any atom is -0.265 e. The van der Waals surface area contributed by atoms with Crippen LogP contribution in [0.4, 0.5) is 0 Å². The Morgan fingerprint density at radius 3 is 2.36 bits per heavy atom. The van der Waals surface area contributed by atoms with Gasteiger partial charge in [0.1, 0.15) is 0 Å². The summed E-state index contributed by atoms with van der Waals surface area (Å²) in [6, 6.07) is 0. The van der Waals surface area contributed by atoms with Crippen molar-refractivity contribution in [1.82, 2.24) is 0 Å². The van der Waals surface area contributed by atoms with E-state index in [1.807, 2.05) is 6.11 Å². The minimum absolute atomic E-state index is 0. The molecule has 0 heterocycles. The van der Waals surface area contributed by atoms with E-state index in [1.165, 1.54) is 13.8 Å². The smallest absolute Gasteiger partial charge is 0.265 e. The summed E-state index contributed by atoms with van der Waals surface area (Å²) in [5.41, 5.74) is 0. The summed E-state index contributed by atoms with van der Waals surface area (Å²) in [5.74, 6) is 2.18. The van der Waals surface area contributed by atoms with Crippen LogP contribution in [0.15, 0.2) is 0 Å². The van der Waals surface area contributed by atoms with Crippen LogP contribution in [0.1, 0.15) is 13.8 Å². The predicted molar refractivity (Wildman–Crippen MR) is 40.8 cm³/mol. The molecule has 0 aliphatic heterocycles. The fourth-order valence-corrected chi connectivity index (χ4v) is 0.393. The molecule has 0 bridgehead atoms. The van der Waals surface area contributed by atoms with Crippen LogP contribution < -0.4 is 0 Å². The van der Waals surface area contributed by atoms with Crippen molar-refractivity contribution in [3.8, 4) is 12.0 Å². The Balaban J connectivity index is 0. The third kappa shape index (κ3) is 8.17. The van der Waals surface area contributed by atoms with Crippen LogP contribution in [0.25, 0.3) is 0 Å². The molecule has 0 amide bonds. The van der Waals surface area contributed by atoms with Crippen LogP contribution >= 0.6 is 0 Å². The second kappa shape index (κ2) is 6.95. The van der Waals surface area contributed by atoms with Crippen LogP contribution in [-0.4, -0.2) is 43.7 Å². The number of hydrogen-bond donors (Lipinski definition) is 0. The molecule has 6 heteroatoms. The fourth-order valence-electron chi connectivity index (χ4n) is 0.159. The van der Waals surface area contributed by atoms with Gasteiger partial charge in [-0.2, -0.15) is 8.42 Å². The van der Waals surface area contributed by atoms with Gasteiger partial charge in [-0.1, -0.05) is 5.92 Å². The van der Waals surface area contributed by atoms with Crippen LogP contribution in [0.3, 0.4) is 0 Å². The molecule has 0 aromatic heterocycles. The fraction of sp³-hybridized carbons (Fsp3) is 0.600. The van der Waals surface area contributed by atoms with Crippen LogP contribution in [0.5, 0.6) is 0 Å². The molecule has 0 atom stereocenters. The maximum absolute atomic E-state index is 10.5. The second-order valence-corrected chi connectivity index (χ2v) is 3.18. The third-order valence-corrected chi connectivity index (χ3v) is 1.62. The number of rotatable bonds is 3. The molecule has 59 valence electrons. The van der Waals surface area contributed by atoms with Crippen molar-refractivity contribution >= 4 is 39.7 Å². The minimum atomic E-state index is -3.52. The largest absolute Gasteiger partial charge is 0.303 e. The Hall–Kier alpha value is 0.270. The quantitative estimate of drug-likeness (QED) is 0.267. The van der Waals surface area contributed by atoms with Gasteiger partial charge in [0.15, 0.2) is 6.11 Å². The normalized spacial score (nSPS) is 8.91. The average molecular weight is 187 g/mol. The van der Waals surface area contributed by atoms with Gasteiger partial charge >= 0.3 is 10.1 Å². The molecule has 0 aliphatic rings. The van der Waals surface area contributed by atoms with E-state index in [4.69, 9.17) is 0 Å². The van der Waals surface area contributed by atoms with Crippen LogP contribution in [-0.2, 0) is 19.3 Å². The Bertz CT molecular complexity index is 235. The molecule has 0 fully saturated rings. The monoisotopic (exact) mass is 187 g/mol. The summed E-state index contributed by atoms with van der Waals surface area (Å²) in [6.07, 6.45) is 1.99. The van der Waals surface area contributed by atoms with Gasteiger partial charge < -0.3 is 0 Å². The van der Waals surface area contributed by atoms with Crippen molar-refractivity contribution in [3.63, 3.8) is 0 Å². The third-order valence-electron chi connectivity index (χ3n) is 0.635. The van der Waals surface area contributed by atoms with Crippen molar-refractivity contribution in [2.75, 3.05) is 5.75 Å². The summed E-state index contributed by atoms with van der Waals surface area (Å²) in [6.45, 7) is 2.94. The molecule has 0 rings (SSSR count). The van der Waals surface area contributed by atoms with Crippen LogP contribution in [0, 0.1) is 12.0 Å². The summed E-state index contributed by atoms with van der Waals surface area (Å²) in [7, 11) is -3.52. The molecular weight excluding hydrogens is 179 g/mol. The molecule has 0 saturated heterocycles. The van der Waals surface area contributed by atoms with Crippen molar-refractivity contribution in [1.29, 1.82) is 0 Å². The maximum Gasteiger partial charge on any atom is 0.303 e. The van der Waals surface area contributed by atoms with Gasteiger partial charge in [0.25, 0.3) is 0 Å². The van der Waals surface area contributed by atoms with Gasteiger partial charge in [-0.15, -0.1) is 0 Å². The maximum atomic E-state index is 10.5. The first kappa shape index (κ1) is 13.8. The molecule has 0 N–H and O–H groups in total. The van der Waals surface area contributed by atoms with Crippen molar-refractivity contribution in [3.05, 3.63) is 0 Å². The first-order valence-electron chi connectivity index (χ1n) is 2.62. The van der Waals surface area contributed by atoms with E-state index in [1.54, 1.807) is 0 Å². The molecule has 11 heavy (non-hydrogen) atoms. The summed E-state index contributed by atoms with van der Waals surface area (Å²) in [4.78, 5) is 3.99. The molecule has 4 nitrogen and oxygen atoms in total. The van der Waals surface area contributed by atoms with E-state index in [2.05, 4.69) is 15.1 Å². The van der Waals surface area contributed by atoms with Gasteiger partial charge in [-0.25, -0.2) is 0 Å². The van der Waals surface area contributed by atoms with Crippen molar-refractivity contribution < 1.29 is 17.6 Å². The Morgan fingerprint density at radius 2 is 2.00 bits per heavy atom. The van der Waals surface area contributed by atoms with Gasteiger partial charge in [0, 0.05) is 36.5 Å². The molecule has 0 spiro atoms. The van der Waals surface area contributed by atoms with E-state index < -0.39 is 10.1 Å². The summed E-state index contributed by atoms with van der Waals surface area (Å²) < 4.78 is 24.8. The molecule has 0 aromatic rings. The van der Waals surface area contributed by atoms with Gasteiger partial charge in [-0.05, 0) is 11.3 Å². The standard InChI is InChI=1S/C5H8O4S.Na/c1-3-5-8-9-10(6,7)4-2;/h4H2,1-2H3;. The van der Waals surface area contributed by atoms with Crippen molar-refractivity contribution in [2.24, 2.45) is 0 Å². The van der Waals surface area contributed by atoms with E-state index in [-0.39, 0.29) is 35.3 Å². The Kier molecular flexibility index (Phi) is 8.74. The van der Waals surface area contributed by atoms with Gasteiger partial charge in [-0.3, -0.25) is 4.89 Å². The number of hydrogen-bond acceptors (Lipinski definition) is 4. The topological polar surface area (TPSA) is 52.6 Å². The van der Waals surface area contributed by atoms with Gasteiger partial charge in [0.05, 0.1) is 5.75 Å². The predicted octanol–water partition coefficient (Wildman–Crippen LogP) is -0.116. The van der Waals surface area contributed by atoms with E-state index >= 15 is 0 Å². The zero-order valence-corrected chi connectivity index (χ0v) is 9.56. The average Bonchev–Trinajstić information content (AvgIpc) is 1.89. The molecule has 0 aromatic carbocycles. The van der Waals surface area contributed by atoms with E-state index in [0.29, 0.717) is 0 Å². The van der Waals surface area contributed by atoms with Crippen LogP contribution in [0.2, 0.25) is 0 Å². The Labute approximate surface area is 88.6 Å². The zero-order chi connectivity index (χ0) is 8.04. The molecule has 0 unspecified atom stereocenters. The first-order chi connectivity index (χ1) is 4.62. The Morgan fingerprint density at radius 1 is 1.45 bits per heavy atom. The molecular formula is C5H8NaO4S. The zero-order valence-electron chi connectivity index (χ0n) is 6.75. The first-order valence-corrected chi connectivity index (χ1v) is 4.19. The van der Waals surface area contributed by atoms with Gasteiger partial charge in [0.2, 0.25) is 0 Å². The molecule has 1 radical (unpaired) electrons. The summed E-state index contributed by atoms with van der Waals surface area (Å²) >= 11 is 0. The van der Waals surface area contributed by atoms with Crippen molar-refractivity contribution in [2.45, 2.75) is 13.8 Å². The SMILES string of the molecule is CC#COOS(=O)(=O)CC.[Na]. The van der Waals surface area contributed by atoms with E-state index in [0.717, 1.165) is 0 Å². The molecule has 0 aliphatic carbocycles.